The van der Waals surface area contributed by atoms with Gasteiger partial charge >= 0.3 is 0 Å². The molecule has 0 aromatic heterocycles. The van der Waals surface area contributed by atoms with Gasteiger partial charge in [-0.2, -0.15) is 0 Å². The summed E-state index contributed by atoms with van der Waals surface area (Å²) in [6, 6.07) is 16.6. The van der Waals surface area contributed by atoms with Gasteiger partial charge < -0.3 is 4.74 Å². The monoisotopic (exact) mass is 424 g/mol. The average Bonchev–Trinajstić information content (AvgIpc) is 2.68. The minimum absolute atomic E-state index is 0. The first-order chi connectivity index (χ1) is 12.8. The zero-order valence-electron chi connectivity index (χ0n) is 15.8. The molecule has 1 aliphatic rings. The van der Waals surface area contributed by atoms with E-state index in [1.165, 1.54) is 12.1 Å². The summed E-state index contributed by atoms with van der Waals surface area (Å²) in [5.41, 5.74) is 2.05. The maximum absolute atomic E-state index is 13.3. The van der Waals surface area contributed by atoms with Crippen LogP contribution in [0.15, 0.2) is 54.6 Å². The van der Waals surface area contributed by atoms with Gasteiger partial charge in [-0.25, -0.2) is 4.39 Å². The fraction of sp³-hybridized carbons (Fsp3) is 0.364. The molecule has 6 heteroatoms. The molecule has 0 aliphatic carbocycles. The van der Waals surface area contributed by atoms with E-state index in [1.54, 1.807) is 12.1 Å². The number of piperazine rings is 1. The van der Waals surface area contributed by atoms with Gasteiger partial charge in [-0.15, -0.1) is 31.2 Å². The Morgan fingerprint density at radius 1 is 0.893 bits per heavy atom. The Kier molecular flexibility index (Phi) is 11.1. The van der Waals surface area contributed by atoms with E-state index in [0.29, 0.717) is 6.61 Å². The number of rotatable bonds is 7. The highest BCUT2D eigenvalue weighted by Gasteiger charge is 2.18. The Balaban J connectivity index is 0.00000196. The standard InChI is InChI=1S/C22H25FN2O.2ClH/c1-2-12-24-13-15-25(16-14-24)17-18-26-22(19-6-4-3-5-7-19)20-8-10-21(23)11-9-20;;/h1,3-11,22H,12-18H2;2*1H. The molecule has 1 saturated heterocycles. The lowest BCUT2D eigenvalue weighted by atomic mass is 10.0. The Labute approximate surface area is 179 Å². The second-order valence-corrected chi connectivity index (χ2v) is 6.53. The lowest BCUT2D eigenvalue weighted by molar-refractivity contribution is 0.0469. The lowest BCUT2D eigenvalue weighted by Crippen LogP contribution is -2.47. The van der Waals surface area contributed by atoms with Gasteiger partial charge in [-0.3, -0.25) is 9.80 Å². The molecule has 2 aromatic rings. The van der Waals surface area contributed by atoms with Gasteiger partial charge in [0.15, 0.2) is 0 Å². The second-order valence-electron chi connectivity index (χ2n) is 6.53. The van der Waals surface area contributed by atoms with Crippen LogP contribution in [0.2, 0.25) is 0 Å². The van der Waals surface area contributed by atoms with E-state index in [4.69, 9.17) is 11.2 Å². The van der Waals surface area contributed by atoms with Crippen LogP contribution in [0.1, 0.15) is 17.2 Å². The Hall–Kier alpha value is -1.61. The maximum atomic E-state index is 13.3. The van der Waals surface area contributed by atoms with Crippen molar-refractivity contribution in [2.45, 2.75) is 6.10 Å². The molecule has 28 heavy (non-hydrogen) atoms. The molecule has 0 spiro atoms. The van der Waals surface area contributed by atoms with Gasteiger partial charge in [0.25, 0.3) is 0 Å². The number of terminal acetylenes is 1. The molecule has 0 N–H and O–H groups in total. The van der Waals surface area contributed by atoms with E-state index in [0.717, 1.165) is 50.4 Å². The average molecular weight is 425 g/mol. The van der Waals surface area contributed by atoms with Gasteiger partial charge in [0.1, 0.15) is 11.9 Å². The topological polar surface area (TPSA) is 15.7 Å². The highest BCUT2D eigenvalue weighted by Crippen LogP contribution is 2.26. The van der Waals surface area contributed by atoms with E-state index >= 15 is 0 Å². The van der Waals surface area contributed by atoms with Crippen LogP contribution in [-0.2, 0) is 4.74 Å². The molecule has 3 nitrogen and oxygen atoms in total. The summed E-state index contributed by atoms with van der Waals surface area (Å²) in [6.07, 6.45) is 5.20. The van der Waals surface area contributed by atoms with Crippen LogP contribution in [0.4, 0.5) is 4.39 Å². The number of halogens is 3. The lowest BCUT2D eigenvalue weighted by Gasteiger charge is -2.33. The number of hydrogen-bond donors (Lipinski definition) is 0. The van der Waals surface area contributed by atoms with Crippen molar-refractivity contribution < 1.29 is 9.13 Å². The summed E-state index contributed by atoms with van der Waals surface area (Å²) >= 11 is 0. The molecule has 1 unspecified atom stereocenters. The summed E-state index contributed by atoms with van der Waals surface area (Å²) in [4.78, 5) is 4.70. The fourth-order valence-corrected chi connectivity index (χ4v) is 3.25. The third kappa shape index (κ3) is 7.09. The van der Waals surface area contributed by atoms with Crippen molar-refractivity contribution in [2.24, 2.45) is 0 Å². The number of hydrogen-bond acceptors (Lipinski definition) is 3. The molecule has 0 radical (unpaired) electrons. The number of nitrogens with zero attached hydrogens (tertiary/aromatic N) is 2. The quantitative estimate of drug-likeness (QED) is 0.624. The van der Waals surface area contributed by atoms with Gasteiger partial charge in [-0.05, 0) is 23.3 Å². The summed E-state index contributed by atoms with van der Waals surface area (Å²) in [5.74, 6) is 2.48. The van der Waals surface area contributed by atoms with Crippen LogP contribution < -0.4 is 0 Å². The first-order valence-electron chi connectivity index (χ1n) is 9.06. The molecule has 3 rings (SSSR count). The van der Waals surface area contributed by atoms with Crippen LogP contribution in [0.25, 0.3) is 0 Å². The van der Waals surface area contributed by atoms with E-state index in [9.17, 15) is 4.39 Å². The molecule has 1 fully saturated rings. The van der Waals surface area contributed by atoms with Crippen molar-refractivity contribution in [3.63, 3.8) is 0 Å². The molecule has 0 bridgehead atoms. The van der Waals surface area contributed by atoms with E-state index < -0.39 is 0 Å². The second kappa shape index (κ2) is 12.8. The number of ether oxygens (including phenoxy) is 1. The zero-order valence-corrected chi connectivity index (χ0v) is 17.4. The van der Waals surface area contributed by atoms with Crippen LogP contribution in [0.3, 0.4) is 0 Å². The van der Waals surface area contributed by atoms with E-state index in [-0.39, 0.29) is 36.7 Å². The Bertz CT molecular complexity index is 714. The first kappa shape index (κ1) is 24.4. The molecule has 1 atom stereocenters. The summed E-state index contributed by atoms with van der Waals surface area (Å²) in [7, 11) is 0. The highest BCUT2D eigenvalue weighted by molar-refractivity contribution is 5.85. The van der Waals surface area contributed by atoms with Crippen LogP contribution in [-0.4, -0.2) is 55.7 Å². The molecule has 2 aromatic carbocycles. The Morgan fingerprint density at radius 2 is 1.46 bits per heavy atom. The minimum Gasteiger partial charge on any atom is -0.367 e. The maximum Gasteiger partial charge on any atom is 0.123 e. The predicted molar refractivity (Wildman–Crippen MR) is 117 cm³/mol. The molecule has 152 valence electrons. The van der Waals surface area contributed by atoms with Crippen LogP contribution >= 0.6 is 24.8 Å². The van der Waals surface area contributed by atoms with Crippen molar-refractivity contribution in [2.75, 3.05) is 45.9 Å². The summed E-state index contributed by atoms with van der Waals surface area (Å²) < 4.78 is 19.5. The molecular weight excluding hydrogens is 398 g/mol. The van der Waals surface area contributed by atoms with Crippen LogP contribution in [0.5, 0.6) is 0 Å². The third-order valence-corrected chi connectivity index (χ3v) is 4.75. The largest absolute Gasteiger partial charge is 0.367 e. The Morgan fingerprint density at radius 3 is 2.07 bits per heavy atom. The first-order valence-corrected chi connectivity index (χ1v) is 9.06. The predicted octanol–water partition coefficient (Wildman–Crippen LogP) is 4.03. The summed E-state index contributed by atoms with van der Waals surface area (Å²) in [5, 5.41) is 0. The highest BCUT2D eigenvalue weighted by atomic mass is 35.5. The number of benzene rings is 2. The van der Waals surface area contributed by atoms with E-state index in [2.05, 4.69) is 15.7 Å². The van der Waals surface area contributed by atoms with Crippen molar-refractivity contribution >= 4 is 24.8 Å². The zero-order chi connectivity index (χ0) is 18.2. The van der Waals surface area contributed by atoms with Gasteiger partial charge in [0.05, 0.1) is 13.2 Å². The van der Waals surface area contributed by atoms with Gasteiger partial charge in [-0.1, -0.05) is 48.4 Å². The minimum atomic E-state index is -0.231. The molecule has 1 heterocycles. The summed E-state index contributed by atoms with van der Waals surface area (Å²) in [6.45, 7) is 6.27. The van der Waals surface area contributed by atoms with Crippen molar-refractivity contribution in [1.29, 1.82) is 0 Å². The molecule has 0 saturated carbocycles. The van der Waals surface area contributed by atoms with Crippen LogP contribution in [0, 0.1) is 18.2 Å². The van der Waals surface area contributed by atoms with Crippen molar-refractivity contribution in [3.8, 4) is 12.3 Å². The van der Waals surface area contributed by atoms with Crippen molar-refractivity contribution in [1.82, 2.24) is 9.80 Å². The molecule has 0 amide bonds. The van der Waals surface area contributed by atoms with Gasteiger partial charge in [0, 0.05) is 32.7 Å². The normalized spacial score (nSPS) is 15.7. The smallest absolute Gasteiger partial charge is 0.123 e. The fourth-order valence-electron chi connectivity index (χ4n) is 3.25. The molecule has 1 aliphatic heterocycles. The van der Waals surface area contributed by atoms with Crippen molar-refractivity contribution in [3.05, 3.63) is 71.5 Å². The third-order valence-electron chi connectivity index (χ3n) is 4.75. The molecular formula is C22H27Cl2FN2O. The van der Waals surface area contributed by atoms with Gasteiger partial charge in [0.2, 0.25) is 0 Å². The SMILES string of the molecule is C#CCN1CCN(CCOC(c2ccccc2)c2ccc(F)cc2)CC1.Cl.Cl. The van der Waals surface area contributed by atoms with E-state index in [1.807, 2.05) is 30.3 Å².